The number of benzene rings is 1. The molecule has 1 aromatic carbocycles. The molecule has 0 N–H and O–H groups in total. The van der Waals surface area contributed by atoms with Crippen molar-refractivity contribution in [1.29, 1.82) is 0 Å². The Labute approximate surface area is 164 Å². The lowest BCUT2D eigenvalue weighted by Crippen LogP contribution is -2.26. The van der Waals surface area contributed by atoms with E-state index < -0.39 is 6.10 Å². The van der Waals surface area contributed by atoms with E-state index in [9.17, 15) is 4.79 Å². The Bertz CT molecular complexity index is 896. The van der Waals surface area contributed by atoms with Gasteiger partial charge in [0.1, 0.15) is 5.75 Å². The second-order valence-corrected chi connectivity index (χ2v) is 7.70. The summed E-state index contributed by atoms with van der Waals surface area (Å²) in [5.41, 5.74) is 1.29. The number of fused-ring (bicyclic) bond motifs is 1. The summed E-state index contributed by atoms with van der Waals surface area (Å²) in [5.74, 6) is 1.51. The molecule has 3 rings (SSSR count). The molecule has 0 spiro atoms. The van der Waals surface area contributed by atoms with E-state index in [1.807, 2.05) is 24.3 Å². The fourth-order valence-electron chi connectivity index (χ4n) is 2.69. The maximum Gasteiger partial charge on any atom is 0.347 e. The number of ether oxygens (including phenoxy) is 2. The van der Waals surface area contributed by atoms with Crippen LogP contribution in [0.25, 0.3) is 5.78 Å². The third-order valence-electron chi connectivity index (χ3n) is 4.31. The molecule has 1 atom stereocenters. The van der Waals surface area contributed by atoms with Crippen LogP contribution in [0.15, 0.2) is 42.7 Å². The first-order chi connectivity index (χ1) is 13.3. The van der Waals surface area contributed by atoms with E-state index in [1.54, 1.807) is 29.9 Å². The second kappa shape index (κ2) is 8.37. The monoisotopic (exact) mass is 382 g/mol. The number of hydrogen-bond acceptors (Lipinski definition) is 6. The summed E-state index contributed by atoms with van der Waals surface area (Å²) < 4.78 is 12.6. The minimum Gasteiger partial charge on any atom is -0.479 e. The Balaban J connectivity index is 1.42. The first-order valence-electron chi connectivity index (χ1n) is 9.43. The molecule has 0 bridgehead atoms. The van der Waals surface area contributed by atoms with Crippen LogP contribution < -0.4 is 4.74 Å². The minimum atomic E-state index is -0.669. The van der Waals surface area contributed by atoms with Crippen LogP contribution in [0.4, 0.5) is 0 Å². The zero-order valence-corrected chi connectivity index (χ0v) is 16.8. The van der Waals surface area contributed by atoms with Gasteiger partial charge in [0.2, 0.25) is 0 Å². The highest BCUT2D eigenvalue weighted by atomic mass is 16.6. The van der Waals surface area contributed by atoms with E-state index in [4.69, 9.17) is 9.47 Å². The Hall–Kier alpha value is -2.96. The van der Waals surface area contributed by atoms with Gasteiger partial charge in [-0.25, -0.2) is 14.3 Å². The smallest absolute Gasteiger partial charge is 0.347 e. The van der Waals surface area contributed by atoms with Crippen molar-refractivity contribution < 1.29 is 14.3 Å². The van der Waals surface area contributed by atoms with Crippen molar-refractivity contribution in [2.24, 2.45) is 0 Å². The maximum atomic E-state index is 12.1. The van der Waals surface area contributed by atoms with Crippen molar-refractivity contribution in [1.82, 2.24) is 19.6 Å². The van der Waals surface area contributed by atoms with E-state index >= 15 is 0 Å². The van der Waals surface area contributed by atoms with Gasteiger partial charge in [-0.3, -0.25) is 0 Å². The second-order valence-electron chi connectivity index (χ2n) is 7.70. The molecular formula is C21H26N4O3. The summed E-state index contributed by atoms with van der Waals surface area (Å²) in [4.78, 5) is 20.6. The van der Waals surface area contributed by atoms with Crippen molar-refractivity contribution in [2.75, 3.05) is 6.61 Å². The van der Waals surface area contributed by atoms with Gasteiger partial charge in [0.05, 0.1) is 6.61 Å². The van der Waals surface area contributed by atoms with E-state index in [0.717, 1.165) is 0 Å². The molecule has 0 aliphatic rings. The zero-order valence-electron chi connectivity index (χ0n) is 16.8. The molecule has 148 valence electrons. The van der Waals surface area contributed by atoms with Crippen molar-refractivity contribution >= 4 is 11.7 Å². The molecule has 0 radical (unpaired) electrons. The average molecular weight is 382 g/mol. The van der Waals surface area contributed by atoms with Crippen LogP contribution >= 0.6 is 0 Å². The molecule has 0 amide bonds. The van der Waals surface area contributed by atoms with E-state index in [2.05, 4.69) is 35.8 Å². The highest BCUT2D eigenvalue weighted by molar-refractivity contribution is 5.74. The van der Waals surface area contributed by atoms with Gasteiger partial charge in [-0.2, -0.15) is 4.98 Å². The standard InChI is InChI=1S/C21H26N4O3/c1-15(28-17-10-8-16(9-11-17)21(2,3)4)19(26)27-14-5-7-18-23-20-22-12-6-13-25(20)24-18/h6,8-13,15H,5,7,14H2,1-4H3. The molecule has 2 aromatic heterocycles. The van der Waals surface area contributed by atoms with Crippen molar-refractivity contribution in [3.8, 4) is 5.75 Å². The zero-order chi connectivity index (χ0) is 20.1. The molecule has 3 aromatic rings. The topological polar surface area (TPSA) is 78.6 Å². The lowest BCUT2D eigenvalue weighted by molar-refractivity contribution is -0.151. The molecule has 0 aliphatic carbocycles. The van der Waals surface area contributed by atoms with Crippen molar-refractivity contribution in [3.63, 3.8) is 0 Å². The number of carbonyl (C=O) groups is 1. The number of nitrogens with zero attached hydrogens (tertiary/aromatic N) is 4. The average Bonchev–Trinajstić information content (AvgIpc) is 3.07. The maximum absolute atomic E-state index is 12.1. The molecule has 0 saturated heterocycles. The van der Waals surface area contributed by atoms with Gasteiger partial charge in [-0.1, -0.05) is 32.9 Å². The SMILES string of the molecule is CC(Oc1ccc(C(C)(C)C)cc1)C(=O)OCCCc1nc2ncccn2n1. The van der Waals surface area contributed by atoms with E-state index in [-0.39, 0.29) is 11.4 Å². The van der Waals surface area contributed by atoms with Gasteiger partial charge < -0.3 is 9.47 Å². The van der Waals surface area contributed by atoms with Crippen LogP contribution in [-0.4, -0.2) is 38.3 Å². The van der Waals surface area contributed by atoms with Gasteiger partial charge in [0, 0.05) is 18.8 Å². The lowest BCUT2D eigenvalue weighted by atomic mass is 9.87. The number of aromatic nitrogens is 4. The van der Waals surface area contributed by atoms with Crippen LogP contribution in [0, 0.1) is 0 Å². The summed E-state index contributed by atoms with van der Waals surface area (Å²) in [6.07, 6.45) is 4.05. The minimum absolute atomic E-state index is 0.0783. The van der Waals surface area contributed by atoms with Crippen LogP contribution in [0.1, 0.15) is 45.5 Å². The third-order valence-corrected chi connectivity index (χ3v) is 4.31. The van der Waals surface area contributed by atoms with Gasteiger partial charge in [0.25, 0.3) is 5.78 Å². The number of hydrogen-bond donors (Lipinski definition) is 0. The molecule has 7 nitrogen and oxygen atoms in total. The number of rotatable bonds is 7. The summed E-state index contributed by atoms with van der Waals surface area (Å²) in [6.45, 7) is 8.44. The first kappa shape index (κ1) is 19.8. The predicted molar refractivity (Wildman–Crippen MR) is 105 cm³/mol. The normalized spacial score (nSPS) is 12.7. The lowest BCUT2D eigenvalue weighted by Gasteiger charge is -2.20. The Kier molecular flexibility index (Phi) is 5.92. The molecule has 28 heavy (non-hydrogen) atoms. The van der Waals surface area contributed by atoms with Gasteiger partial charge in [-0.15, -0.1) is 5.10 Å². The van der Waals surface area contributed by atoms with Crippen molar-refractivity contribution in [3.05, 3.63) is 54.1 Å². The molecule has 0 aliphatic heterocycles. The molecule has 2 heterocycles. The highest BCUT2D eigenvalue weighted by Crippen LogP contribution is 2.24. The van der Waals surface area contributed by atoms with Crippen LogP contribution in [0.3, 0.4) is 0 Å². The van der Waals surface area contributed by atoms with E-state index in [1.165, 1.54) is 5.56 Å². The third kappa shape index (κ3) is 5.06. The van der Waals surface area contributed by atoms with Crippen molar-refractivity contribution in [2.45, 2.75) is 52.1 Å². The predicted octanol–water partition coefficient (Wildman–Crippen LogP) is 3.37. The summed E-state index contributed by atoms with van der Waals surface area (Å²) >= 11 is 0. The Morgan fingerprint density at radius 2 is 1.96 bits per heavy atom. The fraction of sp³-hybridized carbons (Fsp3) is 0.429. The van der Waals surface area contributed by atoms with E-state index in [0.29, 0.717) is 36.8 Å². The summed E-state index contributed by atoms with van der Waals surface area (Å²) in [7, 11) is 0. The van der Waals surface area contributed by atoms with Gasteiger partial charge in [0.15, 0.2) is 11.9 Å². The summed E-state index contributed by atoms with van der Waals surface area (Å²) in [5, 5.41) is 4.32. The molecule has 0 saturated carbocycles. The molecular weight excluding hydrogens is 356 g/mol. The fourth-order valence-corrected chi connectivity index (χ4v) is 2.69. The van der Waals surface area contributed by atoms with Gasteiger partial charge in [-0.05, 0) is 42.5 Å². The van der Waals surface area contributed by atoms with Crippen LogP contribution in [0.2, 0.25) is 0 Å². The molecule has 0 fully saturated rings. The van der Waals surface area contributed by atoms with Crippen LogP contribution in [-0.2, 0) is 21.4 Å². The number of carbonyl (C=O) groups excluding carboxylic acids is 1. The first-order valence-corrected chi connectivity index (χ1v) is 9.43. The van der Waals surface area contributed by atoms with Gasteiger partial charge >= 0.3 is 5.97 Å². The molecule has 1 unspecified atom stereocenters. The largest absolute Gasteiger partial charge is 0.479 e. The summed E-state index contributed by atoms with van der Waals surface area (Å²) in [6, 6.07) is 9.60. The Morgan fingerprint density at radius 3 is 2.64 bits per heavy atom. The Morgan fingerprint density at radius 1 is 1.21 bits per heavy atom. The van der Waals surface area contributed by atoms with Crippen LogP contribution in [0.5, 0.6) is 5.75 Å². The molecule has 7 heteroatoms. The number of aryl methyl sites for hydroxylation is 1. The quantitative estimate of drug-likeness (QED) is 0.460. The highest BCUT2D eigenvalue weighted by Gasteiger charge is 2.18. The number of esters is 1.